The zero-order valence-electron chi connectivity index (χ0n) is 14.5. The summed E-state index contributed by atoms with van der Waals surface area (Å²) in [4.78, 5) is 23.9. The summed E-state index contributed by atoms with van der Waals surface area (Å²) in [5, 5.41) is 10.2. The number of halogens is 1. The van der Waals surface area contributed by atoms with Crippen molar-refractivity contribution in [2.24, 2.45) is 34.5 Å². The van der Waals surface area contributed by atoms with E-state index in [1.54, 1.807) is 0 Å². The molecule has 3 aliphatic carbocycles. The van der Waals surface area contributed by atoms with Crippen molar-refractivity contribution < 1.29 is 19.4 Å². The smallest absolute Gasteiger partial charge is 0.310 e. The lowest BCUT2D eigenvalue weighted by atomic mass is 9.47. The van der Waals surface area contributed by atoms with Crippen molar-refractivity contribution in [1.29, 1.82) is 0 Å². The summed E-state index contributed by atoms with van der Waals surface area (Å²) in [6, 6.07) is 0. The molecule has 2 bridgehead atoms. The Balaban J connectivity index is 1.75. The van der Waals surface area contributed by atoms with Gasteiger partial charge in [-0.3, -0.25) is 9.59 Å². The average molecular weight is 399 g/mol. The summed E-state index contributed by atoms with van der Waals surface area (Å²) in [5.41, 5.74) is 0.120. The Morgan fingerprint density at radius 1 is 1.25 bits per heavy atom. The first kappa shape index (κ1) is 16.9. The summed E-state index contributed by atoms with van der Waals surface area (Å²) in [5.74, 6) is -0.478. The Hall–Kier alpha value is -0.580. The summed E-state index contributed by atoms with van der Waals surface area (Å²) in [6.45, 7) is 4.67. The lowest BCUT2D eigenvalue weighted by Gasteiger charge is -2.59. The van der Waals surface area contributed by atoms with Crippen molar-refractivity contribution in [3.05, 3.63) is 0 Å². The first-order valence-electron chi connectivity index (χ1n) is 9.24. The van der Waals surface area contributed by atoms with Crippen LogP contribution in [-0.4, -0.2) is 28.0 Å². The molecule has 5 heteroatoms. The van der Waals surface area contributed by atoms with Crippen LogP contribution < -0.4 is 0 Å². The molecule has 4 rings (SSSR count). The largest absolute Gasteiger partial charge is 0.481 e. The number of carboxylic acids is 1. The minimum atomic E-state index is -0.884. The van der Waals surface area contributed by atoms with Gasteiger partial charge in [-0.25, -0.2) is 0 Å². The second-order valence-electron chi connectivity index (χ2n) is 9.48. The normalized spacial score (nSPS) is 48.5. The molecule has 0 aromatic rings. The van der Waals surface area contributed by atoms with Crippen LogP contribution in [0.1, 0.15) is 58.8 Å². The van der Waals surface area contributed by atoms with Crippen molar-refractivity contribution >= 4 is 27.9 Å². The van der Waals surface area contributed by atoms with Crippen molar-refractivity contribution in [1.82, 2.24) is 0 Å². The predicted molar refractivity (Wildman–Crippen MR) is 92.7 cm³/mol. The number of carboxylic acid groups (broad SMARTS) is 1. The lowest BCUT2D eigenvalue weighted by Crippen LogP contribution is -2.59. The van der Waals surface area contributed by atoms with Gasteiger partial charge in [0, 0.05) is 17.2 Å². The maximum atomic E-state index is 12.6. The number of carbonyl (C=O) groups excluding carboxylic acids is 1. The predicted octanol–water partition coefficient (Wildman–Crippen LogP) is 4.01. The van der Waals surface area contributed by atoms with Gasteiger partial charge < -0.3 is 9.84 Å². The fraction of sp³-hybridized carbons (Fsp3) is 0.895. The molecule has 0 aromatic carbocycles. The van der Waals surface area contributed by atoms with Crippen molar-refractivity contribution in [2.45, 2.75) is 64.4 Å². The highest BCUT2D eigenvalue weighted by atomic mass is 79.9. The number of carbonyl (C=O) groups is 2. The molecule has 1 spiro atoms. The Kier molecular flexibility index (Phi) is 3.66. The van der Waals surface area contributed by atoms with Crippen LogP contribution in [0.2, 0.25) is 0 Å². The van der Waals surface area contributed by atoms with Gasteiger partial charge in [0.1, 0.15) is 5.60 Å². The highest BCUT2D eigenvalue weighted by Gasteiger charge is 2.70. The summed E-state index contributed by atoms with van der Waals surface area (Å²) < 4.78 is 6.15. The van der Waals surface area contributed by atoms with Crippen LogP contribution in [0, 0.1) is 34.5 Å². The molecule has 0 amide bonds. The number of fused-ring (bicyclic) bond motifs is 2. The molecule has 4 nitrogen and oxygen atoms in total. The third kappa shape index (κ3) is 2.15. The first-order chi connectivity index (χ1) is 11.2. The molecular formula is C19H27BrO4. The molecule has 3 saturated carbocycles. The highest BCUT2D eigenvalue weighted by molar-refractivity contribution is 9.09. The van der Waals surface area contributed by atoms with Gasteiger partial charge in [0.25, 0.3) is 0 Å². The third-order valence-electron chi connectivity index (χ3n) is 7.87. The number of ether oxygens (including phenoxy) is 1. The summed E-state index contributed by atoms with van der Waals surface area (Å²) >= 11 is 3.74. The molecule has 0 radical (unpaired) electrons. The molecule has 0 aromatic heterocycles. The van der Waals surface area contributed by atoms with E-state index >= 15 is 0 Å². The van der Waals surface area contributed by atoms with Gasteiger partial charge in [-0.2, -0.15) is 0 Å². The minimum absolute atomic E-state index is 0.0760. The van der Waals surface area contributed by atoms with Gasteiger partial charge in [-0.05, 0) is 55.3 Å². The standard InChI is InChI=1S/C19H27BrO4/c1-17(2)8-14-13(17)4-6-18(10-20)5-3-12-11(7-15(21)22)16(23)24-19(12,14)9-18/h11-14H,3-10H2,1-2H3,(H,21,22)/t11-,12-,13-,14-,18+,19-/m1/s1. The van der Waals surface area contributed by atoms with Gasteiger partial charge in [-0.1, -0.05) is 29.8 Å². The van der Waals surface area contributed by atoms with Crippen molar-refractivity contribution in [2.75, 3.05) is 5.33 Å². The molecule has 1 N–H and O–H groups in total. The van der Waals surface area contributed by atoms with Crippen molar-refractivity contribution in [3.8, 4) is 0 Å². The Bertz CT molecular complexity index is 588. The van der Waals surface area contributed by atoms with E-state index in [-0.39, 0.29) is 23.7 Å². The number of hydrogen-bond acceptors (Lipinski definition) is 3. The number of alkyl halides is 1. The molecule has 4 fully saturated rings. The molecule has 4 aliphatic rings. The molecule has 1 heterocycles. The van der Waals surface area contributed by atoms with Gasteiger partial charge in [0.05, 0.1) is 12.3 Å². The fourth-order valence-electron chi connectivity index (χ4n) is 6.69. The van der Waals surface area contributed by atoms with Crippen LogP contribution in [0.5, 0.6) is 0 Å². The monoisotopic (exact) mass is 398 g/mol. The molecule has 1 aliphatic heterocycles. The van der Waals surface area contributed by atoms with Crippen LogP contribution >= 0.6 is 15.9 Å². The molecule has 1 saturated heterocycles. The van der Waals surface area contributed by atoms with Crippen molar-refractivity contribution in [3.63, 3.8) is 0 Å². The first-order valence-corrected chi connectivity index (χ1v) is 10.4. The molecule has 24 heavy (non-hydrogen) atoms. The van der Waals surface area contributed by atoms with Gasteiger partial charge in [-0.15, -0.1) is 0 Å². The Morgan fingerprint density at radius 3 is 2.50 bits per heavy atom. The second kappa shape index (κ2) is 5.21. The minimum Gasteiger partial charge on any atom is -0.481 e. The van der Waals surface area contributed by atoms with Gasteiger partial charge in [0.2, 0.25) is 0 Å². The quantitative estimate of drug-likeness (QED) is 0.575. The molecule has 6 atom stereocenters. The van der Waals surface area contributed by atoms with E-state index in [1.165, 1.54) is 12.8 Å². The van der Waals surface area contributed by atoms with Crippen LogP contribution in [0.15, 0.2) is 0 Å². The Labute approximate surface area is 151 Å². The van der Waals surface area contributed by atoms with E-state index in [2.05, 4.69) is 29.8 Å². The zero-order valence-corrected chi connectivity index (χ0v) is 16.1. The van der Waals surface area contributed by atoms with E-state index in [0.717, 1.165) is 31.0 Å². The van der Waals surface area contributed by atoms with Crippen LogP contribution in [-0.2, 0) is 14.3 Å². The Morgan fingerprint density at radius 2 is 1.92 bits per heavy atom. The number of hydrogen-bond donors (Lipinski definition) is 1. The van der Waals surface area contributed by atoms with Crippen LogP contribution in [0.4, 0.5) is 0 Å². The number of rotatable bonds is 3. The zero-order chi connectivity index (χ0) is 17.3. The van der Waals surface area contributed by atoms with E-state index in [9.17, 15) is 14.7 Å². The van der Waals surface area contributed by atoms with E-state index < -0.39 is 17.5 Å². The number of aliphatic carboxylic acids is 1. The van der Waals surface area contributed by atoms with Gasteiger partial charge >= 0.3 is 11.9 Å². The van der Waals surface area contributed by atoms with Crippen LogP contribution in [0.3, 0.4) is 0 Å². The summed E-state index contributed by atoms with van der Waals surface area (Å²) in [6.07, 6.45) is 6.36. The maximum absolute atomic E-state index is 12.6. The van der Waals surface area contributed by atoms with E-state index in [1.807, 2.05) is 0 Å². The lowest BCUT2D eigenvalue weighted by molar-refractivity contribution is -0.191. The van der Waals surface area contributed by atoms with E-state index in [0.29, 0.717) is 17.3 Å². The SMILES string of the molecule is CC1(C)C[C@@H]2[C@H]1CC[C@@]1(CBr)CC[C@@H]3[C@@H](CC(=O)O)C(=O)O[C@@]23C1. The summed E-state index contributed by atoms with van der Waals surface area (Å²) in [7, 11) is 0. The van der Waals surface area contributed by atoms with Crippen LogP contribution in [0.25, 0.3) is 0 Å². The van der Waals surface area contributed by atoms with E-state index in [4.69, 9.17) is 4.74 Å². The topological polar surface area (TPSA) is 63.6 Å². The fourth-order valence-corrected chi connectivity index (χ4v) is 7.45. The number of esters is 1. The molecule has 134 valence electrons. The molecule has 0 unspecified atom stereocenters. The van der Waals surface area contributed by atoms with Gasteiger partial charge in [0.15, 0.2) is 0 Å². The second-order valence-corrected chi connectivity index (χ2v) is 10.0. The third-order valence-corrected chi connectivity index (χ3v) is 9.06. The molecular weight excluding hydrogens is 372 g/mol. The maximum Gasteiger partial charge on any atom is 0.310 e. The highest BCUT2D eigenvalue weighted by Crippen LogP contribution is 2.69. The average Bonchev–Trinajstić information content (AvgIpc) is 2.71.